The van der Waals surface area contributed by atoms with Gasteiger partial charge in [0.25, 0.3) is 0 Å². The maximum atomic E-state index is 10.8. The fraction of sp³-hybridized carbons (Fsp3) is 0. The monoisotopic (exact) mass is 268 g/mol. The number of nitrogens with one attached hydrogen (secondary N) is 1. The van der Waals surface area contributed by atoms with Gasteiger partial charge >= 0.3 is 6.03 Å². The number of aromatic nitrogens is 2. The van der Waals surface area contributed by atoms with E-state index in [0.717, 1.165) is 0 Å². The topological polar surface area (TPSA) is 133 Å². The summed E-state index contributed by atoms with van der Waals surface area (Å²) in [4.78, 5) is 18.4. The van der Waals surface area contributed by atoms with E-state index in [0.29, 0.717) is 16.8 Å². The predicted molar refractivity (Wildman–Crippen MR) is 76.5 cm³/mol. The summed E-state index contributed by atoms with van der Waals surface area (Å²) in [6.07, 6.45) is 1.27. The maximum absolute atomic E-state index is 10.8. The molecule has 2 rings (SSSR count). The molecule has 0 bridgehead atoms. The van der Waals surface area contributed by atoms with Gasteiger partial charge in [-0.2, -0.15) is 0 Å². The molecule has 1 aromatic heterocycles. The predicted octanol–water partition coefficient (Wildman–Crippen LogP) is 0.531. The molecule has 1 heterocycles. The third kappa shape index (κ3) is 3.14. The van der Waals surface area contributed by atoms with Gasteiger partial charge in [0.05, 0.1) is 0 Å². The molecule has 100 valence electrons. The molecule has 0 fully saturated rings. The van der Waals surface area contributed by atoms with Gasteiger partial charge in [0.2, 0.25) is 0 Å². The molecule has 2 amide bonds. The second kappa shape index (κ2) is 5.58. The molecule has 0 saturated carbocycles. The third-order valence-corrected chi connectivity index (χ3v) is 2.37. The van der Waals surface area contributed by atoms with Gasteiger partial charge in [0.15, 0.2) is 0 Å². The van der Waals surface area contributed by atoms with Gasteiger partial charge < -0.3 is 22.5 Å². The molecule has 7 N–H and O–H groups in total. The van der Waals surface area contributed by atoms with Crippen molar-refractivity contribution in [3.05, 3.63) is 41.7 Å². The Labute approximate surface area is 115 Å². The molecule has 1 aromatic carbocycles. The van der Waals surface area contributed by atoms with Crippen molar-refractivity contribution in [3.63, 3.8) is 0 Å². The molecule has 0 aliphatic heterocycles. The van der Waals surface area contributed by atoms with Crippen LogP contribution in [0.5, 0.6) is 0 Å². The Kier molecular flexibility index (Phi) is 3.67. The third-order valence-electron chi connectivity index (χ3n) is 2.37. The van der Waals surface area contributed by atoms with Crippen LogP contribution in [0.15, 0.2) is 30.6 Å². The Balaban J connectivity index is 2.31. The van der Waals surface area contributed by atoms with E-state index < -0.39 is 6.03 Å². The normalized spacial score (nSPS) is 9.40. The lowest BCUT2D eigenvalue weighted by molar-refractivity contribution is 0.259. The second-order valence-corrected chi connectivity index (χ2v) is 3.84. The molecule has 7 nitrogen and oxygen atoms in total. The highest BCUT2D eigenvalue weighted by Gasteiger charge is 2.02. The summed E-state index contributed by atoms with van der Waals surface area (Å²) < 4.78 is 0. The Bertz CT molecular complexity index is 696. The highest BCUT2D eigenvalue weighted by molar-refractivity contribution is 5.88. The quantitative estimate of drug-likeness (QED) is 0.560. The van der Waals surface area contributed by atoms with Crippen molar-refractivity contribution in [1.82, 2.24) is 9.97 Å². The maximum Gasteiger partial charge on any atom is 0.316 e. The first kappa shape index (κ1) is 13.2. The average Bonchev–Trinajstić information content (AvgIpc) is 2.38. The molecular weight excluding hydrogens is 256 g/mol. The summed E-state index contributed by atoms with van der Waals surface area (Å²) in [7, 11) is 0. The van der Waals surface area contributed by atoms with Crippen molar-refractivity contribution in [3.8, 4) is 11.8 Å². The van der Waals surface area contributed by atoms with E-state index >= 15 is 0 Å². The van der Waals surface area contributed by atoms with Crippen molar-refractivity contribution >= 4 is 23.4 Å². The van der Waals surface area contributed by atoms with E-state index in [4.69, 9.17) is 17.2 Å². The first-order chi connectivity index (χ1) is 9.56. The number of rotatable bonds is 1. The fourth-order valence-corrected chi connectivity index (χ4v) is 1.49. The van der Waals surface area contributed by atoms with E-state index in [9.17, 15) is 4.79 Å². The van der Waals surface area contributed by atoms with Crippen LogP contribution in [0.4, 0.5) is 22.1 Å². The molecule has 0 atom stereocenters. The van der Waals surface area contributed by atoms with Gasteiger partial charge in [-0.1, -0.05) is 17.9 Å². The van der Waals surface area contributed by atoms with Crippen LogP contribution < -0.4 is 22.5 Å². The Hall–Kier alpha value is -3.27. The molecule has 0 spiro atoms. The lowest BCUT2D eigenvalue weighted by Gasteiger charge is -2.01. The molecule has 0 unspecified atom stereocenters. The number of hydrogen-bond acceptors (Lipinski definition) is 5. The summed E-state index contributed by atoms with van der Waals surface area (Å²) >= 11 is 0. The number of primary amides is 1. The Morgan fingerprint density at radius 3 is 2.50 bits per heavy atom. The number of hydrogen-bond donors (Lipinski definition) is 4. The van der Waals surface area contributed by atoms with E-state index in [-0.39, 0.29) is 11.6 Å². The van der Waals surface area contributed by atoms with E-state index in [1.54, 1.807) is 24.3 Å². The van der Waals surface area contributed by atoms with Crippen molar-refractivity contribution in [2.45, 2.75) is 0 Å². The number of nitrogens with two attached hydrogens (primary N) is 3. The largest absolute Gasteiger partial charge is 0.382 e. The molecular formula is C13H12N6O. The standard InChI is InChI=1S/C13H12N6O/c14-11-10(12(15)18-7-17-11)5-4-8-2-1-3-9(6-8)19-13(16)20/h1-3,6-7H,(H3,16,19,20)(H4,14,15,17,18). The molecule has 0 aliphatic rings. The van der Waals surface area contributed by atoms with Crippen LogP contribution in [-0.2, 0) is 0 Å². The van der Waals surface area contributed by atoms with Crippen LogP contribution in [0.1, 0.15) is 11.1 Å². The minimum Gasteiger partial charge on any atom is -0.382 e. The van der Waals surface area contributed by atoms with Crippen LogP contribution in [0, 0.1) is 11.8 Å². The Morgan fingerprint density at radius 2 is 1.85 bits per heavy atom. The van der Waals surface area contributed by atoms with Gasteiger partial charge in [0, 0.05) is 11.3 Å². The zero-order chi connectivity index (χ0) is 14.5. The minimum absolute atomic E-state index is 0.219. The number of urea groups is 1. The highest BCUT2D eigenvalue weighted by Crippen LogP contribution is 2.13. The van der Waals surface area contributed by atoms with Crippen LogP contribution in [0.25, 0.3) is 0 Å². The number of carbonyl (C=O) groups excluding carboxylic acids is 1. The number of amides is 2. The van der Waals surface area contributed by atoms with Crippen LogP contribution in [0.3, 0.4) is 0 Å². The number of anilines is 3. The number of nitrogens with zero attached hydrogens (tertiary/aromatic N) is 2. The first-order valence-corrected chi connectivity index (χ1v) is 5.61. The Morgan fingerprint density at radius 1 is 1.15 bits per heavy atom. The van der Waals surface area contributed by atoms with Gasteiger partial charge in [-0.05, 0) is 18.2 Å². The summed E-state index contributed by atoms with van der Waals surface area (Å²) in [6, 6.07) is 6.25. The smallest absolute Gasteiger partial charge is 0.316 e. The zero-order valence-corrected chi connectivity index (χ0v) is 10.4. The SMILES string of the molecule is NC(=O)Nc1cccc(C#Cc2c(N)ncnc2N)c1. The van der Waals surface area contributed by atoms with Crippen molar-refractivity contribution < 1.29 is 4.79 Å². The zero-order valence-electron chi connectivity index (χ0n) is 10.4. The summed E-state index contributed by atoms with van der Waals surface area (Å²) in [6.45, 7) is 0. The van der Waals surface area contributed by atoms with Crippen LogP contribution in [0.2, 0.25) is 0 Å². The van der Waals surface area contributed by atoms with E-state index in [1.807, 2.05) is 0 Å². The van der Waals surface area contributed by atoms with E-state index in [2.05, 4.69) is 27.1 Å². The molecule has 7 heteroatoms. The van der Waals surface area contributed by atoms with Gasteiger partial charge in [-0.15, -0.1) is 0 Å². The molecule has 0 radical (unpaired) electrons. The van der Waals surface area contributed by atoms with Crippen molar-refractivity contribution in [2.24, 2.45) is 5.73 Å². The van der Waals surface area contributed by atoms with Crippen LogP contribution >= 0.6 is 0 Å². The van der Waals surface area contributed by atoms with E-state index in [1.165, 1.54) is 6.33 Å². The average molecular weight is 268 g/mol. The van der Waals surface area contributed by atoms with Gasteiger partial charge in [0.1, 0.15) is 23.5 Å². The number of carbonyl (C=O) groups is 1. The highest BCUT2D eigenvalue weighted by atomic mass is 16.2. The molecule has 20 heavy (non-hydrogen) atoms. The lowest BCUT2D eigenvalue weighted by atomic mass is 10.2. The fourth-order valence-electron chi connectivity index (χ4n) is 1.49. The lowest BCUT2D eigenvalue weighted by Crippen LogP contribution is -2.19. The number of nitrogen functional groups attached to an aromatic ring is 2. The summed E-state index contributed by atoms with van der Waals surface area (Å²) in [5, 5.41) is 2.46. The number of benzene rings is 1. The molecule has 2 aromatic rings. The molecule has 0 saturated heterocycles. The minimum atomic E-state index is -0.639. The second-order valence-electron chi connectivity index (χ2n) is 3.84. The summed E-state index contributed by atoms with van der Waals surface area (Å²) in [5.74, 6) is 6.12. The molecule has 0 aliphatic carbocycles. The first-order valence-electron chi connectivity index (χ1n) is 5.61. The van der Waals surface area contributed by atoms with Gasteiger partial charge in [-0.3, -0.25) is 0 Å². The van der Waals surface area contributed by atoms with Gasteiger partial charge in [-0.25, -0.2) is 14.8 Å². The van der Waals surface area contributed by atoms with Crippen molar-refractivity contribution in [2.75, 3.05) is 16.8 Å². The summed E-state index contributed by atoms with van der Waals surface area (Å²) in [5.41, 5.74) is 18.0. The van der Waals surface area contributed by atoms with Crippen LogP contribution in [-0.4, -0.2) is 16.0 Å². The van der Waals surface area contributed by atoms with Crippen molar-refractivity contribution in [1.29, 1.82) is 0 Å².